The minimum Gasteiger partial charge on any atom is -0.361 e. The number of rotatable bonds is 2. The third kappa shape index (κ3) is 1.86. The molecule has 2 aromatic rings. The van der Waals surface area contributed by atoms with Gasteiger partial charge in [0, 0.05) is 37.6 Å². The highest BCUT2D eigenvalue weighted by Crippen LogP contribution is 2.18. The third-order valence-electron chi connectivity index (χ3n) is 2.62. The molecule has 1 amide bonds. The Kier molecular flexibility index (Phi) is 2.46. The van der Waals surface area contributed by atoms with Crippen molar-refractivity contribution in [1.29, 1.82) is 0 Å². The van der Waals surface area contributed by atoms with Crippen molar-refractivity contribution < 1.29 is 4.79 Å². The molecule has 0 aliphatic heterocycles. The number of aromatic nitrogens is 1. The van der Waals surface area contributed by atoms with Crippen LogP contribution >= 0.6 is 0 Å². The highest BCUT2D eigenvalue weighted by molar-refractivity contribution is 5.83. The number of H-pyrrole nitrogens is 1. The van der Waals surface area contributed by atoms with Gasteiger partial charge in [0.2, 0.25) is 5.91 Å². The number of nitrogens with zero attached hydrogens (tertiary/aromatic N) is 1. The van der Waals surface area contributed by atoms with Crippen molar-refractivity contribution in [2.75, 3.05) is 7.05 Å². The number of para-hydroxylation sites is 1. The summed E-state index contributed by atoms with van der Waals surface area (Å²) in [6.07, 6.45) is 1.96. The molecule has 0 fully saturated rings. The fourth-order valence-electron chi connectivity index (χ4n) is 1.63. The van der Waals surface area contributed by atoms with E-state index in [1.165, 1.54) is 5.39 Å². The number of nitrogens with one attached hydrogen (secondary N) is 1. The van der Waals surface area contributed by atoms with Crippen molar-refractivity contribution in [3.05, 3.63) is 36.0 Å². The zero-order chi connectivity index (χ0) is 10.8. The van der Waals surface area contributed by atoms with Crippen LogP contribution in [0.15, 0.2) is 30.5 Å². The molecule has 1 aromatic carbocycles. The molecule has 1 aromatic heterocycles. The number of benzene rings is 1. The second-order valence-electron chi connectivity index (χ2n) is 3.73. The lowest BCUT2D eigenvalue weighted by Gasteiger charge is -2.13. The predicted molar refractivity (Wildman–Crippen MR) is 60.4 cm³/mol. The Bertz CT molecular complexity index is 487. The molecule has 0 aliphatic carbocycles. The second-order valence-corrected chi connectivity index (χ2v) is 3.73. The first kappa shape index (κ1) is 9.77. The molecule has 15 heavy (non-hydrogen) atoms. The standard InChI is InChI=1S/C12H14N2O/c1-9(15)14(2)8-10-7-13-12-6-4-3-5-11(10)12/h3-7,13H,8H2,1-2H3. The second kappa shape index (κ2) is 3.77. The van der Waals surface area contributed by atoms with E-state index in [1.54, 1.807) is 11.8 Å². The van der Waals surface area contributed by atoms with Crippen LogP contribution in [-0.4, -0.2) is 22.8 Å². The number of amides is 1. The molecule has 0 radical (unpaired) electrons. The summed E-state index contributed by atoms with van der Waals surface area (Å²) in [7, 11) is 1.81. The summed E-state index contributed by atoms with van der Waals surface area (Å²) in [6.45, 7) is 2.23. The van der Waals surface area contributed by atoms with E-state index in [2.05, 4.69) is 11.1 Å². The number of carbonyl (C=O) groups is 1. The molecule has 0 spiro atoms. The average Bonchev–Trinajstić information content (AvgIpc) is 2.62. The fourth-order valence-corrected chi connectivity index (χ4v) is 1.63. The van der Waals surface area contributed by atoms with Crippen LogP contribution in [-0.2, 0) is 11.3 Å². The summed E-state index contributed by atoms with van der Waals surface area (Å²) in [6, 6.07) is 8.10. The SMILES string of the molecule is CC(=O)N(C)Cc1c[nH]c2ccccc12. The Balaban J connectivity index is 2.32. The zero-order valence-electron chi connectivity index (χ0n) is 8.95. The van der Waals surface area contributed by atoms with Gasteiger partial charge >= 0.3 is 0 Å². The lowest BCUT2D eigenvalue weighted by Crippen LogP contribution is -2.22. The van der Waals surface area contributed by atoms with E-state index in [-0.39, 0.29) is 5.91 Å². The molecule has 3 heteroatoms. The molecular formula is C12H14N2O. The van der Waals surface area contributed by atoms with E-state index in [0.29, 0.717) is 6.54 Å². The van der Waals surface area contributed by atoms with E-state index in [9.17, 15) is 4.79 Å². The maximum atomic E-state index is 11.1. The maximum absolute atomic E-state index is 11.1. The first-order valence-corrected chi connectivity index (χ1v) is 4.95. The van der Waals surface area contributed by atoms with Gasteiger partial charge in [-0.25, -0.2) is 0 Å². The summed E-state index contributed by atoms with van der Waals surface area (Å²) < 4.78 is 0. The molecule has 0 aliphatic rings. The van der Waals surface area contributed by atoms with Gasteiger partial charge in [-0.3, -0.25) is 4.79 Å². The van der Waals surface area contributed by atoms with Crippen LogP contribution in [0.25, 0.3) is 10.9 Å². The maximum Gasteiger partial charge on any atom is 0.219 e. The van der Waals surface area contributed by atoms with Gasteiger partial charge in [0.1, 0.15) is 0 Å². The minimum absolute atomic E-state index is 0.0836. The Morgan fingerprint density at radius 2 is 2.13 bits per heavy atom. The van der Waals surface area contributed by atoms with Crippen LogP contribution in [0.3, 0.4) is 0 Å². The molecule has 0 atom stereocenters. The lowest BCUT2D eigenvalue weighted by molar-refractivity contribution is -0.128. The van der Waals surface area contributed by atoms with Crippen molar-refractivity contribution in [3.63, 3.8) is 0 Å². The van der Waals surface area contributed by atoms with Gasteiger partial charge in [0.05, 0.1) is 0 Å². The molecule has 0 saturated heterocycles. The van der Waals surface area contributed by atoms with E-state index < -0.39 is 0 Å². The minimum atomic E-state index is 0.0836. The molecule has 78 valence electrons. The number of hydrogen-bond donors (Lipinski definition) is 1. The summed E-state index contributed by atoms with van der Waals surface area (Å²) in [5, 5.41) is 1.19. The van der Waals surface area contributed by atoms with Gasteiger partial charge in [-0.1, -0.05) is 18.2 Å². The highest BCUT2D eigenvalue weighted by atomic mass is 16.2. The van der Waals surface area contributed by atoms with Gasteiger partial charge in [-0.15, -0.1) is 0 Å². The summed E-state index contributed by atoms with van der Waals surface area (Å²) in [5.41, 5.74) is 2.27. The van der Waals surface area contributed by atoms with Crippen molar-refractivity contribution in [1.82, 2.24) is 9.88 Å². The van der Waals surface area contributed by atoms with Gasteiger partial charge in [-0.05, 0) is 11.6 Å². The average molecular weight is 202 g/mol. The van der Waals surface area contributed by atoms with Crippen LogP contribution in [0.4, 0.5) is 0 Å². The molecule has 3 nitrogen and oxygen atoms in total. The Labute approximate surface area is 88.7 Å². The largest absolute Gasteiger partial charge is 0.361 e. The van der Waals surface area contributed by atoms with E-state index in [0.717, 1.165) is 11.1 Å². The smallest absolute Gasteiger partial charge is 0.219 e. The number of carbonyl (C=O) groups excluding carboxylic acids is 1. The number of aromatic amines is 1. The van der Waals surface area contributed by atoms with Crippen LogP contribution in [0.2, 0.25) is 0 Å². The Hall–Kier alpha value is -1.77. The van der Waals surface area contributed by atoms with Crippen molar-refractivity contribution in [2.24, 2.45) is 0 Å². The molecule has 1 heterocycles. The van der Waals surface area contributed by atoms with E-state index in [1.807, 2.05) is 31.4 Å². The van der Waals surface area contributed by atoms with Crippen LogP contribution in [0, 0.1) is 0 Å². The topological polar surface area (TPSA) is 36.1 Å². The van der Waals surface area contributed by atoms with Crippen molar-refractivity contribution in [2.45, 2.75) is 13.5 Å². The van der Waals surface area contributed by atoms with E-state index >= 15 is 0 Å². The first-order valence-electron chi connectivity index (χ1n) is 4.95. The molecule has 0 saturated carbocycles. The molecule has 0 bridgehead atoms. The molecule has 1 N–H and O–H groups in total. The van der Waals surface area contributed by atoms with Gasteiger partial charge in [0.15, 0.2) is 0 Å². The predicted octanol–water partition coefficient (Wildman–Crippen LogP) is 2.15. The summed E-state index contributed by atoms with van der Waals surface area (Å²) in [4.78, 5) is 16.0. The van der Waals surface area contributed by atoms with Crippen LogP contribution in [0.5, 0.6) is 0 Å². The molecule has 2 rings (SSSR count). The zero-order valence-corrected chi connectivity index (χ0v) is 8.95. The van der Waals surface area contributed by atoms with Crippen LogP contribution in [0.1, 0.15) is 12.5 Å². The van der Waals surface area contributed by atoms with E-state index in [4.69, 9.17) is 0 Å². The number of hydrogen-bond acceptors (Lipinski definition) is 1. The van der Waals surface area contributed by atoms with Crippen molar-refractivity contribution in [3.8, 4) is 0 Å². The van der Waals surface area contributed by atoms with Gasteiger partial charge < -0.3 is 9.88 Å². The first-order chi connectivity index (χ1) is 7.18. The Morgan fingerprint density at radius 3 is 2.87 bits per heavy atom. The summed E-state index contributed by atoms with van der Waals surface area (Å²) >= 11 is 0. The fraction of sp³-hybridized carbons (Fsp3) is 0.250. The van der Waals surface area contributed by atoms with Gasteiger partial charge in [-0.2, -0.15) is 0 Å². The quantitative estimate of drug-likeness (QED) is 0.795. The highest BCUT2D eigenvalue weighted by Gasteiger charge is 2.07. The normalized spacial score (nSPS) is 10.5. The van der Waals surface area contributed by atoms with Gasteiger partial charge in [0.25, 0.3) is 0 Å². The van der Waals surface area contributed by atoms with Crippen LogP contribution < -0.4 is 0 Å². The van der Waals surface area contributed by atoms with Crippen molar-refractivity contribution >= 4 is 16.8 Å². The Morgan fingerprint density at radius 1 is 1.40 bits per heavy atom. The molecular weight excluding hydrogens is 188 g/mol. The monoisotopic (exact) mass is 202 g/mol. The molecule has 0 unspecified atom stereocenters. The third-order valence-corrected chi connectivity index (χ3v) is 2.62. The summed E-state index contributed by atoms with van der Waals surface area (Å²) in [5.74, 6) is 0.0836. The lowest BCUT2D eigenvalue weighted by atomic mass is 10.2. The number of fused-ring (bicyclic) bond motifs is 1.